The van der Waals surface area contributed by atoms with Crippen LogP contribution in [0.25, 0.3) is 0 Å². The Bertz CT molecular complexity index is 361. The predicted octanol–water partition coefficient (Wildman–Crippen LogP) is 3.48. The highest BCUT2D eigenvalue weighted by Gasteiger charge is 2.26. The average Bonchev–Trinajstić information content (AvgIpc) is 2.73. The van der Waals surface area contributed by atoms with Crippen molar-refractivity contribution in [2.24, 2.45) is 0 Å². The molecule has 0 aliphatic heterocycles. The van der Waals surface area contributed by atoms with Crippen LogP contribution in [-0.4, -0.2) is 18.1 Å². The van der Waals surface area contributed by atoms with Crippen LogP contribution in [0, 0.1) is 0 Å². The van der Waals surface area contributed by atoms with Gasteiger partial charge in [0.15, 0.2) is 0 Å². The largest absolute Gasteiger partial charge is 0.369 e. The Morgan fingerprint density at radius 2 is 2.00 bits per heavy atom. The van der Waals surface area contributed by atoms with E-state index in [1.165, 1.54) is 10.6 Å². The van der Waals surface area contributed by atoms with Gasteiger partial charge in [0.25, 0.3) is 0 Å². The Kier molecular flexibility index (Phi) is 6.26. The second-order valence-electron chi connectivity index (χ2n) is 4.86. The summed E-state index contributed by atoms with van der Waals surface area (Å²) in [6.07, 6.45) is 2.15. The van der Waals surface area contributed by atoms with E-state index in [1.807, 2.05) is 6.92 Å². The van der Waals surface area contributed by atoms with Gasteiger partial charge in [-0.15, -0.1) is 11.3 Å². The fourth-order valence-electron chi connectivity index (χ4n) is 1.86. The highest BCUT2D eigenvalue weighted by molar-refractivity contribution is 7.11. The third-order valence-electron chi connectivity index (χ3n) is 2.85. The molecule has 3 nitrogen and oxygen atoms in total. The summed E-state index contributed by atoms with van der Waals surface area (Å²) in [5.74, 6) is 0. The standard InChI is InChI=1S/C14H26N2OS/c1-6-9-15-10-12-11(7-2)16-13(18-12)14(4,5)17-8-3/h15H,6-10H2,1-5H3. The van der Waals surface area contributed by atoms with Gasteiger partial charge >= 0.3 is 0 Å². The Balaban J connectivity index is 2.82. The zero-order valence-electron chi connectivity index (χ0n) is 12.3. The van der Waals surface area contributed by atoms with Gasteiger partial charge in [0, 0.05) is 18.0 Å². The van der Waals surface area contributed by atoms with Crippen molar-refractivity contribution in [3.05, 3.63) is 15.6 Å². The lowest BCUT2D eigenvalue weighted by atomic mass is 10.1. The molecule has 0 fully saturated rings. The van der Waals surface area contributed by atoms with Crippen LogP contribution in [0.2, 0.25) is 0 Å². The van der Waals surface area contributed by atoms with Crippen LogP contribution in [0.4, 0.5) is 0 Å². The molecule has 0 unspecified atom stereocenters. The summed E-state index contributed by atoms with van der Waals surface area (Å²) >= 11 is 1.78. The van der Waals surface area contributed by atoms with Crippen molar-refractivity contribution in [3.8, 4) is 0 Å². The van der Waals surface area contributed by atoms with Crippen molar-refractivity contribution >= 4 is 11.3 Å². The third kappa shape index (κ3) is 4.04. The quantitative estimate of drug-likeness (QED) is 0.734. The molecule has 1 heterocycles. The molecule has 104 valence electrons. The molecular weight excluding hydrogens is 244 g/mol. The Morgan fingerprint density at radius 1 is 1.28 bits per heavy atom. The molecule has 0 saturated carbocycles. The minimum Gasteiger partial charge on any atom is -0.369 e. The highest BCUT2D eigenvalue weighted by atomic mass is 32.1. The van der Waals surface area contributed by atoms with Crippen molar-refractivity contribution in [2.45, 2.75) is 59.6 Å². The molecule has 1 aromatic rings. The van der Waals surface area contributed by atoms with Crippen LogP contribution in [0.5, 0.6) is 0 Å². The summed E-state index contributed by atoms with van der Waals surface area (Å²) in [7, 11) is 0. The first kappa shape index (κ1) is 15.6. The normalized spacial score (nSPS) is 12.1. The second kappa shape index (κ2) is 7.22. The minimum absolute atomic E-state index is 0.271. The van der Waals surface area contributed by atoms with Crippen molar-refractivity contribution < 1.29 is 4.74 Å². The molecule has 18 heavy (non-hydrogen) atoms. The topological polar surface area (TPSA) is 34.1 Å². The Hall–Kier alpha value is -0.450. The molecule has 0 saturated heterocycles. The van der Waals surface area contributed by atoms with Gasteiger partial charge in [-0.3, -0.25) is 0 Å². The second-order valence-corrected chi connectivity index (χ2v) is 5.95. The van der Waals surface area contributed by atoms with Crippen LogP contribution in [-0.2, 0) is 23.3 Å². The SMILES string of the molecule is CCCNCc1sc(C(C)(C)OCC)nc1CC. The van der Waals surface area contributed by atoms with Crippen LogP contribution in [0.1, 0.15) is 56.6 Å². The summed E-state index contributed by atoms with van der Waals surface area (Å²) in [5, 5.41) is 4.54. The molecule has 0 spiro atoms. The maximum Gasteiger partial charge on any atom is 0.125 e. The number of aryl methyl sites for hydroxylation is 1. The van der Waals surface area contributed by atoms with Gasteiger partial charge in [0.05, 0.1) is 5.69 Å². The number of thiazole rings is 1. The van der Waals surface area contributed by atoms with E-state index in [0.717, 1.165) is 37.5 Å². The van der Waals surface area contributed by atoms with E-state index in [1.54, 1.807) is 11.3 Å². The van der Waals surface area contributed by atoms with E-state index in [0.29, 0.717) is 0 Å². The Morgan fingerprint density at radius 3 is 2.56 bits per heavy atom. The smallest absolute Gasteiger partial charge is 0.125 e. The molecule has 0 bridgehead atoms. The van der Waals surface area contributed by atoms with E-state index in [2.05, 4.69) is 33.0 Å². The van der Waals surface area contributed by atoms with Crippen LogP contribution < -0.4 is 5.32 Å². The van der Waals surface area contributed by atoms with Gasteiger partial charge in [-0.05, 0) is 40.2 Å². The van der Waals surface area contributed by atoms with E-state index >= 15 is 0 Å². The zero-order chi connectivity index (χ0) is 13.6. The molecule has 0 aliphatic carbocycles. The van der Waals surface area contributed by atoms with E-state index in [4.69, 9.17) is 9.72 Å². The molecule has 1 aromatic heterocycles. The number of aromatic nitrogens is 1. The van der Waals surface area contributed by atoms with E-state index in [9.17, 15) is 0 Å². The van der Waals surface area contributed by atoms with Crippen LogP contribution in [0.3, 0.4) is 0 Å². The lowest BCUT2D eigenvalue weighted by Crippen LogP contribution is -2.21. The van der Waals surface area contributed by atoms with Crippen molar-refractivity contribution in [3.63, 3.8) is 0 Å². The molecule has 0 aliphatic rings. The predicted molar refractivity (Wildman–Crippen MR) is 78.1 cm³/mol. The fourth-order valence-corrected chi connectivity index (χ4v) is 3.03. The molecule has 0 radical (unpaired) electrons. The zero-order valence-corrected chi connectivity index (χ0v) is 13.1. The lowest BCUT2D eigenvalue weighted by Gasteiger charge is -2.21. The van der Waals surface area contributed by atoms with Crippen LogP contribution >= 0.6 is 11.3 Å². The van der Waals surface area contributed by atoms with E-state index < -0.39 is 0 Å². The molecule has 1 N–H and O–H groups in total. The van der Waals surface area contributed by atoms with Gasteiger partial charge in [0.1, 0.15) is 10.6 Å². The summed E-state index contributed by atoms with van der Waals surface area (Å²) in [5.41, 5.74) is 0.943. The third-order valence-corrected chi connectivity index (χ3v) is 4.25. The number of nitrogens with zero attached hydrogens (tertiary/aromatic N) is 1. The highest BCUT2D eigenvalue weighted by Crippen LogP contribution is 2.31. The number of nitrogens with one attached hydrogen (secondary N) is 1. The monoisotopic (exact) mass is 270 g/mol. The lowest BCUT2D eigenvalue weighted by molar-refractivity contribution is -0.0142. The molecule has 1 rings (SSSR count). The summed E-state index contributed by atoms with van der Waals surface area (Å²) in [4.78, 5) is 6.11. The molecule has 0 amide bonds. The van der Waals surface area contributed by atoms with Crippen molar-refractivity contribution in [1.82, 2.24) is 10.3 Å². The molecular formula is C14H26N2OS. The first-order valence-corrected chi connectivity index (χ1v) is 7.70. The molecule has 0 atom stereocenters. The fraction of sp³-hybridized carbons (Fsp3) is 0.786. The van der Waals surface area contributed by atoms with Crippen molar-refractivity contribution in [1.29, 1.82) is 0 Å². The molecule has 0 aromatic carbocycles. The number of hydrogen-bond donors (Lipinski definition) is 1. The van der Waals surface area contributed by atoms with Gasteiger partial charge in [-0.2, -0.15) is 0 Å². The van der Waals surface area contributed by atoms with Crippen molar-refractivity contribution in [2.75, 3.05) is 13.2 Å². The van der Waals surface area contributed by atoms with Gasteiger partial charge in [-0.1, -0.05) is 13.8 Å². The number of hydrogen-bond acceptors (Lipinski definition) is 4. The maximum absolute atomic E-state index is 5.78. The molecule has 4 heteroatoms. The Labute approximate surface area is 115 Å². The minimum atomic E-state index is -0.271. The summed E-state index contributed by atoms with van der Waals surface area (Å²) in [6.45, 7) is 13.3. The summed E-state index contributed by atoms with van der Waals surface area (Å²) in [6, 6.07) is 0. The average molecular weight is 270 g/mol. The first-order chi connectivity index (χ1) is 8.55. The van der Waals surface area contributed by atoms with Gasteiger partial charge in [-0.25, -0.2) is 4.98 Å². The maximum atomic E-state index is 5.78. The van der Waals surface area contributed by atoms with Gasteiger partial charge < -0.3 is 10.1 Å². The van der Waals surface area contributed by atoms with Gasteiger partial charge in [0.2, 0.25) is 0 Å². The summed E-state index contributed by atoms with van der Waals surface area (Å²) < 4.78 is 5.78. The van der Waals surface area contributed by atoms with Crippen LogP contribution in [0.15, 0.2) is 0 Å². The number of ether oxygens (including phenoxy) is 1. The van der Waals surface area contributed by atoms with E-state index in [-0.39, 0.29) is 5.60 Å². The first-order valence-electron chi connectivity index (χ1n) is 6.88. The number of rotatable bonds is 8.